The minimum atomic E-state index is -0.892. The smallest absolute Gasteiger partial charge is 0.345 e. The molecule has 2 aromatic carbocycles. The zero-order valence-corrected chi connectivity index (χ0v) is 24.5. The molecule has 0 saturated heterocycles. The number of aromatic carboxylic acids is 1. The molecule has 7 rings (SSSR count). The van der Waals surface area contributed by atoms with Gasteiger partial charge >= 0.3 is 5.97 Å². The highest BCUT2D eigenvalue weighted by atomic mass is 32.1. The number of carboxylic acids is 1. The summed E-state index contributed by atoms with van der Waals surface area (Å²) in [6.45, 7) is 0.606. The van der Waals surface area contributed by atoms with E-state index in [1.165, 1.54) is 49.3 Å². The Labute approximate surface area is 252 Å². The van der Waals surface area contributed by atoms with E-state index in [2.05, 4.69) is 21.7 Å². The summed E-state index contributed by atoms with van der Waals surface area (Å²) >= 11 is 1.39. The highest BCUT2D eigenvalue weighted by Crippen LogP contribution is 2.47. The van der Waals surface area contributed by atoms with Crippen molar-refractivity contribution in [2.24, 2.45) is 0 Å². The zero-order chi connectivity index (χ0) is 29.5. The maximum absolute atomic E-state index is 14.4. The summed E-state index contributed by atoms with van der Waals surface area (Å²) in [5.41, 5.74) is 7.74. The number of benzene rings is 2. The van der Waals surface area contributed by atoms with Gasteiger partial charge in [0, 0.05) is 29.9 Å². The molecule has 0 spiro atoms. The van der Waals surface area contributed by atoms with Crippen LogP contribution in [0.4, 0.5) is 4.39 Å². The molecule has 0 atom stereocenters. The molecule has 6 nitrogen and oxygen atoms in total. The van der Waals surface area contributed by atoms with Gasteiger partial charge in [0.1, 0.15) is 4.88 Å². The molecule has 1 N–H and O–H groups in total. The maximum atomic E-state index is 14.4. The topological polar surface area (TPSA) is 77.2 Å². The van der Waals surface area contributed by atoms with E-state index < -0.39 is 11.8 Å². The number of methoxy groups -OCH3 is 1. The summed E-state index contributed by atoms with van der Waals surface area (Å²) < 4.78 is 22.8. The number of hydrogen-bond acceptors (Lipinski definition) is 5. The predicted octanol–water partition coefficient (Wildman–Crippen LogP) is 8.92. The van der Waals surface area contributed by atoms with E-state index in [1.807, 2.05) is 42.5 Å². The first-order valence-electron chi connectivity index (χ1n) is 14.5. The van der Waals surface area contributed by atoms with Crippen molar-refractivity contribution in [3.8, 4) is 28.3 Å². The number of carbonyl (C=O) groups is 1. The van der Waals surface area contributed by atoms with E-state index in [0.717, 1.165) is 50.8 Å². The Hall–Kier alpha value is -4.56. The lowest BCUT2D eigenvalue weighted by molar-refractivity contribution is 0.0702. The number of aromatic nitrogens is 3. The Morgan fingerprint density at radius 1 is 1.00 bits per heavy atom. The van der Waals surface area contributed by atoms with Crippen LogP contribution in [0.25, 0.3) is 43.6 Å². The molecule has 1 aliphatic rings. The average Bonchev–Trinajstić information content (AvgIpc) is 3.60. The van der Waals surface area contributed by atoms with Gasteiger partial charge in [0.25, 0.3) is 0 Å². The third kappa shape index (κ3) is 5.06. The number of hydrogen-bond donors (Lipinski definition) is 1. The number of fused-ring (bicyclic) bond motifs is 2. The summed E-state index contributed by atoms with van der Waals surface area (Å²) in [7, 11) is 1.45. The minimum absolute atomic E-state index is 0.202. The Balaban J connectivity index is 1.40. The SMILES string of the molecule is COc1ccc(-c2ccc3cc(-c4c(C5CCCCC5)c5sc(C(=O)O)cc5n4Cc4ccncc4)ccc3n2)cc1F. The lowest BCUT2D eigenvalue weighted by Crippen LogP contribution is -2.08. The molecule has 0 aliphatic heterocycles. The summed E-state index contributed by atoms with van der Waals surface area (Å²) in [6.07, 6.45) is 9.37. The summed E-state index contributed by atoms with van der Waals surface area (Å²) in [4.78, 5) is 21.5. The first-order valence-corrected chi connectivity index (χ1v) is 15.3. The molecule has 43 heavy (non-hydrogen) atoms. The Kier molecular flexibility index (Phi) is 7.15. The number of carboxylic acid groups (broad SMARTS) is 1. The molecule has 8 heteroatoms. The van der Waals surface area contributed by atoms with Crippen molar-refractivity contribution in [2.75, 3.05) is 7.11 Å². The largest absolute Gasteiger partial charge is 0.494 e. The molecular weight excluding hydrogens is 561 g/mol. The lowest BCUT2D eigenvalue weighted by atomic mass is 9.83. The zero-order valence-electron chi connectivity index (χ0n) is 23.7. The molecule has 216 valence electrons. The van der Waals surface area contributed by atoms with Crippen LogP contribution in [-0.4, -0.2) is 32.7 Å². The van der Waals surface area contributed by atoms with Crippen LogP contribution in [0.3, 0.4) is 0 Å². The second-order valence-corrected chi connectivity index (χ2v) is 12.2. The highest BCUT2D eigenvalue weighted by molar-refractivity contribution is 7.21. The quantitative estimate of drug-likeness (QED) is 0.201. The van der Waals surface area contributed by atoms with Gasteiger partial charge in [-0.1, -0.05) is 31.4 Å². The molecule has 1 aliphatic carbocycles. The second-order valence-electron chi connectivity index (χ2n) is 11.1. The van der Waals surface area contributed by atoms with Crippen molar-refractivity contribution in [1.29, 1.82) is 0 Å². The standard InChI is InChI=1S/C35H30FN3O3S/c1-42-30-12-9-24(18-26(30)36)28-10-7-23-17-25(8-11-27(23)38-28)33-32(22-5-3-2-4-6-22)34-29(19-31(43-34)35(40)41)39(33)20-21-13-15-37-16-14-21/h7-19,22H,2-6,20H2,1H3,(H,40,41). The second kappa shape index (κ2) is 11.3. The molecule has 0 amide bonds. The summed E-state index contributed by atoms with van der Waals surface area (Å²) in [6, 6.07) is 21.0. The first kappa shape index (κ1) is 27.3. The molecule has 4 aromatic heterocycles. The van der Waals surface area contributed by atoms with Gasteiger partial charge in [0.05, 0.1) is 34.2 Å². The van der Waals surface area contributed by atoms with Crippen molar-refractivity contribution in [3.63, 3.8) is 0 Å². The average molecular weight is 592 g/mol. The van der Waals surface area contributed by atoms with Crippen LogP contribution in [0.1, 0.15) is 58.8 Å². The Bertz CT molecular complexity index is 1980. The molecular formula is C35H30FN3O3S. The number of thiophene rings is 1. The van der Waals surface area contributed by atoms with Gasteiger partial charge in [-0.05, 0) is 90.0 Å². The van der Waals surface area contributed by atoms with E-state index in [9.17, 15) is 14.3 Å². The maximum Gasteiger partial charge on any atom is 0.345 e. The Morgan fingerprint density at radius 2 is 1.79 bits per heavy atom. The van der Waals surface area contributed by atoms with E-state index in [1.54, 1.807) is 18.5 Å². The highest BCUT2D eigenvalue weighted by Gasteiger charge is 2.29. The van der Waals surface area contributed by atoms with Gasteiger partial charge in [0.2, 0.25) is 0 Å². The van der Waals surface area contributed by atoms with E-state index in [4.69, 9.17) is 9.72 Å². The molecule has 1 saturated carbocycles. The fraction of sp³-hybridized carbons (Fsp3) is 0.229. The molecule has 6 aromatic rings. The van der Waals surface area contributed by atoms with Gasteiger partial charge < -0.3 is 14.4 Å². The van der Waals surface area contributed by atoms with Gasteiger partial charge in [-0.2, -0.15) is 0 Å². The third-order valence-electron chi connectivity index (χ3n) is 8.50. The number of nitrogens with zero attached hydrogens (tertiary/aromatic N) is 3. The number of pyridine rings is 2. The van der Waals surface area contributed by atoms with Crippen LogP contribution >= 0.6 is 11.3 Å². The number of ether oxygens (including phenoxy) is 1. The van der Waals surface area contributed by atoms with Crippen LogP contribution in [0, 0.1) is 5.82 Å². The first-order chi connectivity index (χ1) is 21.0. The molecule has 0 unspecified atom stereocenters. The minimum Gasteiger partial charge on any atom is -0.494 e. The molecule has 0 radical (unpaired) electrons. The van der Waals surface area contributed by atoms with Crippen LogP contribution < -0.4 is 4.74 Å². The Morgan fingerprint density at radius 3 is 2.53 bits per heavy atom. The van der Waals surface area contributed by atoms with Crippen molar-refractivity contribution in [1.82, 2.24) is 14.5 Å². The molecule has 4 heterocycles. The fourth-order valence-corrected chi connectivity index (χ4v) is 7.55. The third-order valence-corrected chi connectivity index (χ3v) is 9.64. The van der Waals surface area contributed by atoms with Crippen molar-refractivity contribution in [2.45, 2.75) is 44.6 Å². The van der Waals surface area contributed by atoms with Gasteiger partial charge in [-0.25, -0.2) is 14.2 Å². The summed E-state index contributed by atoms with van der Waals surface area (Å²) in [5.74, 6) is -0.745. The van der Waals surface area contributed by atoms with E-state index >= 15 is 0 Å². The van der Waals surface area contributed by atoms with Crippen molar-refractivity contribution in [3.05, 3.63) is 101 Å². The van der Waals surface area contributed by atoms with Gasteiger partial charge in [-0.3, -0.25) is 4.98 Å². The van der Waals surface area contributed by atoms with Crippen LogP contribution in [-0.2, 0) is 6.54 Å². The monoisotopic (exact) mass is 591 g/mol. The predicted molar refractivity (Wildman–Crippen MR) is 169 cm³/mol. The van der Waals surface area contributed by atoms with Gasteiger partial charge in [0.15, 0.2) is 11.6 Å². The fourth-order valence-electron chi connectivity index (χ4n) is 6.43. The van der Waals surface area contributed by atoms with Crippen LogP contribution in [0.15, 0.2) is 79.1 Å². The van der Waals surface area contributed by atoms with E-state index in [-0.39, 0.29) is 5.75 Å². The molecule has 0 bridgehead atoms. The summed E-state index contributed by atoms with van der Waals surface area (Å²) in [5, 5.41) is 10.9. The normalized spacial score (nSPS) is 14.0. The van der Waals surface area contributed by atoms with Crippen LogP contribution in [0.2, 0.25) is 0 Å². The van der Waals surface area contributed by atoms with Crippen LogP contribution in [0.5, 0.6) is 5.75 Å². The number of rotatable bonds is 7. The van der Waals surface area contributed by atoms with E-state index in [0.29, 0.717) is 28.6 Å². The lowest BCUT2D eigenvalue weighted by Gasteiger charge is -2.24. The van der Waals surface area contributed by atoms with Crippen molar-refractivity contribution >= 4 is 38.4 Å². The molecule has 1 fully saturated rings. The number of halogens is 1. The van der Waals surface area contributed by atoms with Crippen molar-refractivity contribution < 1.29 is 19.0 Å². The van der Waals surface area contributed by atoms with Gasteiger partial charge in [-0.15, -0.1) is 11.3 Å².